The van der Waals surface area contributed by atoms with Crippen LogP contribution in [-0.4, -0.2) is 12.0 Å². The van der Waals surface area contributed by atoms with E-state index >= 15 is 0 Å². The third-order valence-electron chi connectivity index (χ3n) is 2.03. The first-order valence-electron chi connectivity index (χ1n) is 4.54. The Morgan fingerprint density at radius 2 is 2.07 bits per heavy atom. The van der Waals surface area contributed by atoms with Gasteiger partial charge in [-0.15, -0.1) is 0 Å². The molecule has 1 atom stereocenters. The Morgan fingerprint density at radius 1 is 1.43 bits per heavy atom. The number of benzene rings is 1. The fourth-order valence-corrected chi connectivity index (χ4v) is 1.18. The summed E-state index contributed by atoms with van der Waals surface area (Å²) in [7, 11) is 0. The molecule has 0 unspecified atom stereocenters. The summed E-state index contributed by atoms with van der Waals surface area (Å²) in [6.07, 6.45) is -0.587. The van der Waals surface area contributed by atoms with Gasteiger partial charge in [0.1, 0.15) is 5.75 Å². The Labute approximate surface area is 83.9 Å². The number of rotatable bonds is 3. The number of carbonyl (C=O) groups is 1. The molecule has 0 bridgehead atoms. The van der Waals surface area contributed by atoms with Gasteiger partial charge in [-0.25, -0.2) is 0 Å². The SMILES string of the molecule is Cc1ccc(O[C@@H](C)C(N)=O)c(C)c1. The lowest BCUT2D eigenvalue weighted by atomic mass is 10.1. The molecular weight excluding hydrogens is 178 g/mol. The number of hydrogen-bond acceptors (Lipinski definition) is 2. The summed E-state index contributed by atoms with van der Waals surface area (Å²) in [5.74, 6) is 0.256. The van der Waals surface area contributed by atoms with Gasteiger partial charge in [0.05, 0.1) is 0 Å². The predicted molar refractivity (Wildman–Crippen MR) is 55.2 cm³/mol. The first-order chi connectivity index (χ1) is 6.50. The van der Waals surface area contributed by atoms with Gasteiger partial charge in [0.25, 0.3) is 5.91 Å². The van der Waals surface area contributed by atoms with E-state index in [1.165, 1.54) is 5.56 Å². The van der Waals surface area contributed by atoms with Crippen LogP contribution in [0.5, 0.6) is 5.75 Å². The molecule has 0 aliphatic carbocycles. The zero-order valence-electron chi connectivity index (χ0n) is 8.70. The molecule has 1 aromatic carbocycles. The van der Waals surface area contributed by atoms with Crippen LogP contribution >= 0.6 is 0 Å². The van der Waals surface area contributed by atoms with Crippen molar-refractivity contribution in [3.63, 3.8) is 0 Å². The Morgan fingerprint density at radius 3 is 2.57 bits per heavy atom. The molecule has 0 radical (unpaired) electrons. The van der Waals surface area contributed by atoms with E-state index in [0.29, 0.717) is 5.75 Å². The van der Waals surface area contributed by atoms with Gasteiger partial charge < -0.3 is 10.5 Å². The van der Waals surface area contributed by atoms with Gasteiger partial charge in [0.15, 0.2) is 6.10 Å². The van der Waals surface area contributed by atoms with Crippen molar-refractivity contribution in [2.45, 2.75) is 26.9 Å². The monoisotopic (exact) mass is 193 g/mol. The van der Waals surface area contributed by atoms with Gasteiger partial charge in [0.2, 0.25) is 0 Å². The summed E-state index contributed by atoms with van der Waals surface area (Å²) < 4.78 is 5.39. The predicted octanol–water partition coefficient (Wildman–Crippen LogP) is 1.56. The van der Waals surface area contributed by atoms with Crippen molar-refractivity contribution in [2.75, 3.05) is 0 Å². The molecule has 2 N–H and O–H groups in total. The molecule has 3 heteroatoms. The molecule has 0 aliphatic rings. The standard InChI is InChI=1S/C11H15NO2/c1-7-4-5-10(8(2)6-7)14-9(3)11(12)13/h4-6,9H,1-3H3,(H2,12,13)/t9-/m0/s1. The van der Waals surface area contributed by atoms with E-state index in [0.717, 1.165) is 5.56 Å². The van der Waals surface area contributed by atoms with Crippen LogP contribution in [0.15, 0.2) is 18.2 Å². The highest BCUT2D eigenvalue weighted by molar-refractivity contribution is 5.78. The Kier molecular flexibility index (Phi) is 3.12. The minimum atomic E-state index is -0.587. The lowest BCUT2D eigenvalue weighted by Crippen LogP contribution is -2.30. The van der Waals surface area contributed by atoms with Crippen molar-refractivity contribution in [3.8, 4) is 5.75 Å². The van der Waals surface area contributed by atoms with Gasteiger partial charge in [-0.3, -0.25) is 4.79 Å². The molecule has 0 saturated heterocycles. The number of ether oxygens (including phenoxy) is 1. The molecule has 0 spiro atoms. The maximum atomic E-state index is 10.8. The third kappa shape index (κ3) is 2.49. The Bertz CT molecular complexity index is 347. The lowest BCUT2D eigenvalue weighted by Gasteiger charge is -2.13. The van der Waals surface area contributed by atoms with Gasteiger partial charge in [-0.1, -0.05) is 17.7 Å². The summed E-state index contributed by atoms with van der Waals surface area (Å²) in [5.41, 5.74) is 7.28. The van der Waals surface area contributed by atoms with E-state index in [-0.39, 0.29) is 0 Å². The normalized spacial score (nSPS) is 12.2. The molecule has 1 amide bonds. The van der Waals surface area contributed by atoms with Crippen LogP contribution < -0.4 is 10.5 Å². The summed E-state index contributed by atoms with van der Waals surface area (Å²) in [4.78, 5) is 10.8. The topological polar surface area (TPSA) is 52.3 Å². The number of hydrogen-bond donors (Lipinski definition) is 1. The zero-order valence-corrected chi connectivity index (χ0v) is 8.70. The molecule has 14 heavy (non-hydrogen) atoms. The smallest absolute Gasteiger partial charge is 0.258 e. The molecule has 0 fully saturated rings. The second-order valence-electron chi connectivity index (χ2n) is 3.43. The van der Waals surface area contributed by atoms with Gasteiger partial charge in [-0.05, 0) is 32.4 Å². The average Bonchev–Trinajstić information content (AvgIpc) is 2.09. The van der Waals surface area contributed by atoms with Crippen LogP contribution in [-0.2, 0) is 4.79 Å². The highest BCUT2D eigenvalue weighted by Crippen LogP contribution is 2.19. The summed E-state index contributed by atoms with van der Waals surface area (Å²) in [5, 5.41) is 0. The molecule has 3 nitrogen and oxygen atoms in total. The molecule has 76 valence electrons. The molecule has 0 heterocycles. The second kappa shape index (κ2) is 4.13. The van der Waals surface area contributed by atoms with Crippen molar-refractivity contribution in [1.82, 2.24) is 0 Å². The van der Waals surface area contributed by atoms with E-state index in [2.05, 4.69) is 0 Å². The molecule has 1 rings (SSSR count). The van der Waals surface area contributed by atoms with Gasteiger partial charge >= 0.3 is 0 Å². The Balaban J connectivity index is 2.82. The Hall–Kier alpha value is -1.51. The van der Waals surface area contributed by atoms with Crippen LogP contribution in [0.25, 0.3) is 0 Å². The highest BCUT2D eigenvalue weighted by Gasteiger charge is 2.11. The maximum absolute atomic E-state index is 10.8. The zero-order chi connectivity index (χ0) is 10.7. The van der Waals surface area contributed by atoms with E-state index in [1.54, 1.807) is 6.92 Å². The van der Waals surface area contributed by atoms with E-state index in [4.69, 9.17) is 10.5 Å². The number of aryl methyl sites for hydroxylation is 2. The van der Waals surface area contributed by atoms with Crippen LogP contribution in [0.2, 0.25) is 0 Å². The van der Waals surface area contributed by atoms with Gasteiger partial charge in [0, 0.05) is 0 Å². The van der Waals surface area contributed by atoms with Crippen molar-refractivity contribution in [1.29, 1.82) is 0 Å². The second-order valence-corrected chi connectivity index (χ2v) is 3.43. The fraction of sp³-hybridized carbons (Fsp3) is 0.364. The van der Waals surface area contributed by atoms with E-state index in [1.807, 2.05) is 32.0 Å². The number of carbonyl (C=O) groups excluding carboxylic acids is 1. The number of nitrogens with two attached hydrogens (primary N) is 1. The summed E-state index contributed by atoms with van der Waals surface area (Å²) in [6.45, 7) is 5.59. The largest absolute Gasteiger partial charge is 0.481 e. The minimum Gasteiger partial charge on any atom is -0.481 e. The van der Waals surface area contributed by atoms with E-state index in [9.17, 15) is 4.79 Å². The quantitative estimate of drug-likeness (QED) is 0.792. The molecule has 0 aliphatic heterocycles. The van der Waals surface area contributed by atoms with Crippen molar-refractivity contribution in [2.24, 2.45) is 5.73 Å². The summed E-state index contributed by atoms with van der Waals surface area (Å²) >= 11 is 0. The average molecular weight is 193 g/mol. The first kappa shape index (κ1) is 10.6. The third-order valence-corrected chi connectivity index (χ3v) is 2.03. The van der Waals surface area contributed by atoms with Gasteiger partial charge in [-0.2, -0.15) is 0 Å². The van der Waals surface area contributed by atoms with Crippen molar-refractivity contribution >= 4 is 5.91 Å². The van der Waals surface area contributed by atoms with Crippen molar-refractivity contribution in [3.05, 3.63) is 29.3 Å². The lowest BCUT2D eigenvalue weighted by molar-refractivity contribution is -0.123. The molecular formula is C11H15NO2. The first-order valence-corrected chi connectivity index (χ1v) is 4.54. The maximum Gasteiger partial charge on any atom is 0.258 e. The van der Waals surface area contributed by atoms with E-state index < -0.39 is 12.0 Å². The molecule has 1 aromatic rings. The minimum absolute atomic E-state index is 0.454. The molecule has 0 saturated carbocycles. The fourth-order valence-electron chi connectivity index (χ4n) is 1.18. The highest BCUT2D eigenvalue weighted by atomic mass is 16.5. The van der Waals surface area contributed by atoms with Crippen LogP contribution in [0.1, 0.15) is 18.1 Å². The van der Waals surface area contributed by atoms with Crippen molar-refractivity contribution < 1.29 is 9.53 Å². The summed E-state index contributed by atoms with van der Waals surface area (Å²) in [6, 6.07) is 5.79. The van der Waals surface area contributed by atoms with Crippen LogP contribution in [0, 0.1) is 13.8 Å². The van der Waals surface area contributed by atoms with Crippen LogP contribution in [0.3, 0.4) is 0 Å². The van der Waals surface area contributed by atoms with Crippen LogP contribution in [0.4, 0.5) is 0 Å². The number of amides is 1. The molecule has 0 aromatic heterocycles. The number of primary amides is 1.